The van der Waals surface area contributed by atoms with Crippen LogP contribution in [0.3, 0.4) is 0 Å². The second kappa shape index (κ2) is 4.67. The first-order chi connectivity index (χ1) is 7.31. The second-order valence-corrected chi connectivity index (χ2v) is 4.38. The molecule has 2 atom stereocenters. The molecule has 0 aliphatic carbocycles. The quantitative estimate of drug-likeness (QED) is 0.801. The summed E-state index contributed by atoms with van der Waals surface area (Å²) in [6, 6.07) is 8.77. The largest absolute Gasteiger partial charge is 0.496 e. The first-order valence-corrected chi connectivity index (χ1v) is 5.67. The number of methoxy groups -OCH3 is 1. The summed E-state index contributed by atoms with van der Waals surface area (Å²) < 4.78 is 5.39. The van der Waals surface area contributed by atoms with E-state index in [1.54, 1.807) is 7.11 Å². The Morgan fingerprint density at radius 1 is 1.33 bits per heavy atom. The van der Waals surface area contributed by atoms with E-state index in [1.807, 2.05) is 12.1 Å². The van der Waals surface area contributed by atoms with Crippen LogP contribution in [-0.4, -0.2) is 13.7 Å². The smallest absolute Gasteiger partial charge is 0.123 e. The van der Waals surface area contributed by atoms with Gasteiger partial charge in [-0.2, -0.15) is 0 Å². The third-order valence-corrected chi connectivity index (χ3v) is 3.18. The Morgan fingerprint density at radius 3 is 2.87 bits per heavy atom. The molecule has 1 heterocycles. The molecule has 15 heavy (non-hydrogen) atoms. The molecule has 1 aromatic rings. The van der Waals surface area contributed by atoms with Crippen molar-refractivity contribution in [3.05, 3.63) is 29.8 Å². The predicted molar refractivity (Wildman–Crippen MR) is 62.1 cm³/mol. The molecular formula is C13H19NO. The SMILES string of the molecule is COc1ccccc1[C@H]1C[C@H](C)CCN1. The van der Waals surface area contributed by atoms with E-state index in [0.717, 1.165) is 18.2 Å². The van der Waals surface area contributed by atoms with E-state index in [9.17, 15) is 0 Å². The molecule has 2 heteroatoms. The van der Waals surface area contributed by atoms with Crippen molar-refractivity contribution in [2.24, 2.45) is 5.92 Å². The van der Waals surface area contributed by atoms with Crippen molar-refractivity contribution in [1.82, 2.24) is 5.32 Å². The topological polar surface area (TPSA) is 21.3 Å². The first kappa shape index (κ1) is 10.5. The van der Waals surface area contributed by atoms with Crippen LogP contribution in [0.25, 0.3) is 0 Å². The molecule has 1 aliphatic rings. The Labute approximate surface area is 91.6 Å². The Balaban J connectivity index is 2.20. The molecule has 0 unspecified atom stereocenters. The molecule has 82 valence electrons. The minimum absolute atomic E-state index is 0.463. The molecule has 2 rings (SSSR count). The highest BCUT2D eigenvalue weighted by Crippen LogP contribution is 2.32. The fourth-order valence-electron chi connectivity index (χ4n) is 2.30. The van der Waals surface area contributed by atoms with Crippen LogP contribution < -0.4 is 10.1 Å². The molecule has 1 fully saturated rings. The summed E-state index contributed by atoms with van der Waals surface area (Å²) in [4.78, 5) is 0. The highest BCUT2D eigenvalue weighted by molar-refractivity contribution is 5.36. The number of nitrogens with one attached hydrogen (secondary N) is 1. The molecule has 0 saturated carbocycles. The molecule has 1 aliphatic heterocycles. The molecule has 1 N–H and O–H groups in total. The van der Waals surface area contributed by atoms with Crippen LogP contribution in [0.1, 0.15) is 31.4 Å². The highest BCUT2D eigenvalue weighted by Gasteiger charge is 2.21. The standard InChI is InChI=1S/C13H19NO/c1-10-7-8-14-12(9-10)11-5-3-4-6-13(11)15-2/h3-6,10,12,14H,7-9H2,1-2H3/t10-,12-/m1/s1. The summed E-state index contributed by atoms with van der Waals surface area (Å²) in [7, 11) is 1.74. The third-order valence-electron chi connectivity index (χ3n) is 3.18. The summed E-state index contributed by atoms with van der Waals surface area (Å²) in [6.45, 7) is 3.44. The molecule has 0 aromatic heterocycles. The van der Waals surface area contributed by atoms with E-state index in [2.05, 4.69) is 24.4 Å². The predicted octanol–water partition coefficient (Wildman–Crippen LogP) is 2.76. The van der Waals surface area contributed by atoms with Gasteiger partial charge in [0.25, 0.3) is 0 Å². The van der Waals surface area contributed by atoms with E-state index >= 15 is 0 Å². The van der Waals surface area contributed by atoms with Crippen molar-refractivity contribution >= 4 is 0 Å². The zero-order chi connectivity index (χ0) is 10.7. The highest BCUT2D eigenvalue weighted by atomic mass is 16.5. The molecule has 0 bridgehead atoms. The zero-order valence-corrected chi connectivity index (χ0v) is 9.49. The number of hydrogen-bond donors (Lipinski definition) is 1. The lowest BCUT2D eigenvalue weighted by molar-refractivity contribution is 0.315. The van der Waals surface area contributed by atoms with Gasteiger partial charge in [-0.3, -0.25) is 0 Å². The van der Waals surface area contributed by atoms with Gasteiger partial charge in [-0.05, 0) is 31.4 Å². The van der Waals surface area contributed by atoms with Crippen molar-refractivity contribution in [2.45, 2.75) is 25.8 Å². The maximum atomic E-state index is 5.39. The van der Waals surface area contributed by atoms with Gasteiger partial charge < -0.3 is 10.1 Å². The van der Waals surface area contributed by atoms with Gasteiger partial charge in [-0.15, -0.1) is 0 Å². The molecule has 1 saturated heterocycles. The summed E-state index contributed by atoms with van der Waals surface area (Å²) in [6.07, 6.45) is 2.49. The van der Waals surface area contributed by atoms with E-state index < -0.39 is 0 Å². The summed E-state index contributed by atoms with van der Waals surface area (Å²) >= 11 is 0. The van der Waals surface area contributed by atoms with Crippen LogP contribution in [0.5, 0.6) is 5.75 Å². The lowest BCUT2D eigenvalue weighted by Gasteiger charge is -2.29. The van der Waals surface area contributed by atoms with Gasteiger partial charge >= 0.3 is 0 Å². The number of ether oxygens (including phenoxy) is 1. The number of rotatable bonds is 2. The number of hydrogen-bond acceptors (Lipinski definition) is 2. The van der Waals surface area contributed by atoms with Crippen LogP contribution in [0.4, 0.5) is 0 Å². The minimum atomic E-state index is 0.463. The lowest BCUT2D eigenvalue weighted by Crippen LogP contribution is -2.30. The van der Waals surface area contributed by atoms with Gasteiger partial charge in [-0.25, -0.2) is 0 Å². The minimum Gasteiger partial charge on any atom is -0.496 e. The van der Waals surface area contributed by atoms with Gasteiger partial charge in [0, 0.05) is 11.6 Å². The Hall–Kier alpha value is -1.02. The Bertz CT molecular complexity index is 324. The van der Waals surface area contributed by atoms with E-state index in [-0.39, 0.29) is 0 Å². The summed E-state index contributed by atoms with van der Waals surface area (Å²) in [5, 5.41) is 3.56. The Kier molecular flexibility index (Phi) is 3.27. The number of piperidine rings is 1. The van der Waals surface area contributed by atoms with Crippen molar-refractivity contribution in [1.29, 1.82) is 0 Å². The van der Waals surface area contributed by atoms with Gasteiger partial charge in [0.1, 0.15) is 5.75 Å². The summed E-state index contributed by atoms with van der Waals surface area (Å²) in [5.74, 6) is 1.81. The maximum Gasteiger partial charge on any atom is 0.123 e. The van der Waals surface area contributed by atoms with Crippen LogP contribution in [0, 0.1) is 5.92 Å². The van der Waals surface area contributed by atoms with Crippen LogP contribution in [-0.2, 0) is 0 Å². The van der Waals surface area contributed by atoms with Crippen LogP contribution >= 0.6 is 0 Å². The zero-order valence-electron chi connectivity index (χ0n) is 9.49. The second-order valence-electron chi connectivity index (χ2n) is 4.38. The lowest BCUT2D eigenvalue weighted by atomic mass is 9.90. The van der Waals surface area contributed by atoms with Crippen molar-refractivity contribution in [3.8, 4) is 5.75 Å². The molecule has 0 radical (unpaired) electrons. The number of para-hydroxylation sites is 1. The average Bonchev–Trinajstić information content (AvgIpc) is 2.29. The molecule has 2 nitrogen and oxygen atoms in total. The third kappa shape index (κ3) is 2.32. The van der Waals surface area contributed by atoms with Gasteiger partial charge in [0.15, 0.2) is 0 Å². The summed E-state index contributed by atoms with van der Waals surface area (Å²) in [5.41, 5.74) is 1.30. The van der Waals surface area contributed by atoms with Crippen LogP contribution in [0.2, 0.25) is 0 Å². The van der Waals surface area contributed by atoms with Crippen molar-refractivity contribution < 1.29 is 4.74 Å². The maximum absolute atomic E-state index is 5.39. The van der Waals surface area contributed by atoms with Crippen LogP contribution in [0.15, 0.2) is 24.3 Å². The fourth-order valence-corrected chi connectivity index (χ4v) is 2.30. The van der Waals surface area contributed by atoms with E-state index in [4.69, 9.17) is 4.74 Å². The molecule has 1 aromatic carbocycles. The normalized spacial score (nSPS) is 26.3. The molecular weight excluding hydrogens is 186 g/mol. The average molecular weight is 205 g/mol. The van der Waals surface area contributed by atoms with Gasteiger partial charge in [0.05, 0.1) is 7.11 Å². The fraction of sp³-hybridized carbons (Fsp3) is 0.538. The van der Waals surface area contributed by atoms with Gasteiger partial charge in [-0.1, -0.05) is 25.1 Å². The van der Waals surface area contributed by atoms with Crippen molar-refractivity contribution in [2.75, 3.05) is 13.7 Å². The molecule has 0 spiro atoms. The van der Waals surface area contributed by atoms with E-state index in [0.29, 0.717) is 6.04 Å². The van der Waals surface area contributed by atoms with Gasteiger partial charge in [0.2, 0.25) is 0 Å². The monoisotopic (exact) mass is 205 g/mol. The van der Waals surface area contributed by atoms with E-state index in [1.165, 1.54) is 18.4 Å². The van der Waals surface area contributed by atoms with Crippen molar-refractivity contribution in [3.63, 3.8) is 0 Å². The molecule has 0 amide bonds. The number of benzene rings is 1. The first-order valence-electron chi connectivity index (χ1n) is 5.67. The Morgan fingerprint density at radius 2 is 2.13 bits per heavy atom.